The first-order valence-electron chi connectivity index (χ1n) is 14.4. The Balaban J connectivity index is 3.09. The second kappa shape index (κ2) is 27.7. The zero-order valence-electron chi connectivity index (χ0n) is 22.1. The van der Waals surface area contributed by atoms with E-state index in [1.807, 2.05) is 6.08 Å². The second-order valence-electron chi connectivity index (χ2n) is 9.72. The van der Waals surface area contributed by atoms with Crippen LogP contribution in [0.15, 0.2) is 25.0 Å². The molecule has 0 heterocycles. The molecule has 0 spiro atoms. The van der Waals surface area contributed by atoms with Crippen LogP contribution in [-0.2, 0) is 14.3 Å². The SMILES string of the molecule is C=COC(=O)C=CCCCCCCCCCCCCCCCCCCCCCCCCC(=O)O. The zero-order valence-corrected chi connectivity index (χ0v) is 22.1. The van der Waals surface area contributed by atoms with Gasteiger partial charge in [0.25, 0.3) is 0 Å². The third-order valence-corrected chi connectivity index (χ3v) is 6.46. The fourth-order valence-electron chi connectivity index (χ4n) is 4.37. The second-order valence-corrected chi connectivity index (χ2v) is 9.72. The topological polar surface area (TPSA) is 63.6 Å². The summed E-state index contributed by atoms with van der Waals surface area (Å²) in [6.07, 6.45) is 34.7. The molecule has 4 heteroatoms. The quantitative estimate of drug-likeness (QED) is 0.0552. The summed E-state index contributed by atoms with van der Waals surface area (Å²) >= 11 is 0. The fraction of sp³-hybridized carbons (Fsp3) is 0.800. The number of carboxylic acids is 1. The molecule has 0 aromatic rings. The van der Waals surface area contributed by atoms with E-state index in [0.29, 0.717) is 6.42 Å². The van der Waals surface area contributed by atoms with Crippen LogP contribution < -0.4 is 0 Å². The Labute approximate surface area is 210 Å². The van der Waals surface area contributed by atoms with E-state index in [1.54, 1.807) is 0 Å². The molecular weight excluding hydrogens is 424 g/mol. The number of carbonyl (C=O) groups excluding carboxylic acids is 1. The van der Waals surface area contributed by atoms with Crippen LogP contribution >= 0.6 is 0 Å². The number of hydrogen-bond donors (Lipinski definition) is 1. The lowest BCUT2D eigenvalue weighted by Gasteiger charge is -2.04. The summed E-state index contributed by atoms with van der Waals surface area (Å²) in [5.41, 5.74) is 0. The minimum absolute atomic E-state index is 0.334. The summed E-state index contributed by atoms with van der Waals surface area (Å²) in [5, 5.41) is 8.60. The predicted octanol–water partition coefficient (Wildman–Crippen LogP) is 9.68. The lowest BCUT2D eigenvalue weighted by molar-refractivity contribution is -0.137. The molecule has 0 aromatic heterocycles. The first-order chi connectivity index (χ1) is 16.7. The molecule has 1 N–H and O–H groups in total. The van der Waals surface area contributed by atoms with Crippen LogP contribution in [0.1, 0.15) is 154 Å². The summed E-state index contributed by atoms with van der Waals surface area (Å²) in [6.45, 7) is 3.36. The first kappa shape index (κ1) is 32.4. The molecule has 4 nitrogen and oxygen atoms in total. The van der Waals surface area contributed by atoms with Crippen molar-refractivity contribution in [1.29, 1.82) is 0 Å². The Bertz CT molecular complexity index is 498. The Morgan fingerprint density at radius 3 is 1.21 bits per heavy atom. The van der Waals surface area contributed by atoms with Gasteiger partial charge in [0.1, 0.15) is 0 Å². The van der Waals surface area contributed by atoms with Crippen molar-refractivity contribution in [2.24, 2.45) is 0 Å². The van der Waals surface area contributed by atoms with Gasteiger partial charge in [0.15, 0.2) is 0 Å². The molecule has 0 rings (SSSR count). The van der Waals surface area contributed by atoms with Gasteiger partial charge in [0.2, 0.25) is 0 Å². The van der Waals surface area contributed by atoms with Crippen molar-refractivity contribution in [3.63, 3.8) is 0 Å². The maximum absolute atomic E-state index is 11.1. The van der Waals surface area contributed by atoms with Crippen molar-refractivity contribution < 1.29 is 19.4 Å². The number of unbranched alkanes of at least 4 members (excludes halogenated alkanes) is 22. The van der Waals surface area contributed by atoms with Crippen LogP contribution in [0.4, 0.5) is 0 Å². The van der Waals surface area contributed by atoms with E-state index < -0.39 is 5.97 Å². The van der Waals surface area contributed by atoms with Gasteiger partial charge in [0, 0.05) is 12.5 Å². The van der Waals surface area contributed by atoms with Gasteiger partial charge >= 0.3 is 11.9 Å². The van der Waals surface area contributed by atoms with Gasteiger partial charge in [-0.3, -0.25) is 4.79 Å². The van der Waals surface area contributed by atoms with E-state index >= 15 is 0 Å². The van der Waals surface area contributed by atoms with E-state index in [-0.39, 0.29) is 5.97 Å². The molecule has 0 fully saturated rings. The Kier molecular flexibility index (Phi) is 26.4. The van der Waals surface area contributed by atoms with Crippen LogP contribution in [0.25, 0.3) is 0 Å². The predicted molar refractivity (Wildman–Crippen MR) is 144 cm³/mol. The number of esters is 1. The van der Waals surface area contributed by atoms with Gasteiger partial charge in [-0.2, -0.15) is 0 Å². The molecular formula is C30H54O4. The van der Waals surface area contributed by atoms with Crippen molar-refractivity contribution in [3.8, 4) is 0 Å². The number of carbonyl (C=O) groups is 2. The molecule has 0 amide bonds. The van der Waals surface area contributed by atoms with E-state index in [0.717, 1.165) is 31.9 Å². The normalized spacial score (nSPS) is 11.2. The minimum atomic E-state index is -0.660. The minimum Gasteiger partial charge on any atom is -0.481 e. The molecule has 0 radical (unpaired) electrons. The fourth-order valence-corrected chi connectivity index (χ4v) is 4.37. The number of allylic oxidation sites excluding steroid dienone is 1. The van der Waals surface area contributed by atoms with Crippen LogP contribution in [0, 0.1) is 0 Å². The van der Waals surface area contributed by atoms with Crippen LogP contribution in [0.2, 0.25) is 0 Å². The van der Waals surface area contributed by atoms with Crippen LogP contribution in [-0.4, -0.2) is 17.0 Å². The van der Waals surface area contributed by atoms with Crippen molar-refractivity contribution in [2.75, 3.05) is 0 Å². The summed E-state index contributed by atoms with van der Waals surface area (Å²) in [6, 6.07) is 0. The number of carboxylic acid groups (broad SMARTS) is 1. The third-order valence-electron chi connectivity index (χ3n) is 6.46. The molecule has 0 unspecified atom stereocenters. The lowest BCUT2D eigenvalue weighted by atomic mass is 10.0. The van der Waals surface area contributed by atoms with Crippen molar-refractivity contribution in [1.82, 2.24) is 0 Å². The van der Waals surface area contributed by atoms with Crippen molar-refractivity contribution >= 4 is 11.9 Å². The van der Waals surface area contributed by atoms with Gasteiger partial charge < -0.3 is 9.84 Å². The Morgan fingerprint density at radius 2 is 0.882 bits per heavy atom. The highest BCUT2D eigenvalue weighted by Crippen LogP contribution is 2.15. The molecule has 0 aliphatic carbocycles. The van der Waals surface area contributed by atoms with Gasteiger partial charge in [0.05, 0.1) is 6.26 Å². The molecule has 0 aliphatic rings. The van der Waals surface area contributed by atoms with E-state index in [2.05, 4.69) is 11.3 Å². The molecule has 0 aliphatic heterocycles. The zero-order chi connectivity index (χ0) is 25.0. The third kappa shape index (κ3) is 28.5. The molecule has 198 valence electrons. The standard InChI is InChI=1S/C30H54O4/c1-2-34-30(33)28-26-24-22-20-18-16-14-12-10-8-6-4-3-5-7-9-11-13-15-17-19-21-23-25-27-29(31)32/h2,26,28H,1,3-25,27H2,(H,31,32). The van der Waals surface area contributed by atoms with Gasteiger partial charge in [-0.1, -0.05) is 141 Å². The highest BCUT2D eigenvalue weighted by Gasteiger charge is 1.98. The smallest absolute Gasteiger partial charge is 0.335 e. The summed E-state index contributed by atoms with van der Waals surface area (Å²) in [7, 11) is 0. The average Bonchev–Trinajstić information content (AvgIpc) is 2.81. The first-order valence-corrected chi connectivity index (χ1v) is 14.4. The molecule has 0 saturated carbocycles. The monoisotopic (exact) mass is 478 g/mol. The van der Waals surface area contributed by atoms with E-state index in [4.69, 9.17) is 5.11 Å². The summed E-state index contributed by atoms with van der Waals surface area (Å²) in [5.74, 6) is -0.996. The number of ether oxygens (including phenoxy) is 1. The molecule has 0 bridgehead atoms. The highest BCUT2D eigenvalue weighted by molar-refractivity contribution is 5.82. The van der Waals surface area contributed by atoms with Gasteiger partial charge in [-0.15, -0.1) is 0 Å². The molecule has 34 heavy (non-hydrogen) atoms. The van der Waals surface area contributed by atoms with Crippen LogP contribution in [0.5, 0.6) is 0 Å². The Hall–Kier alpha value is -1.58. The summed E-state index contributed by atoms with van der Waals surface area (Å²) in [4.78, 5) is 21.5. The highest BCUT2D eigenvalue weighted by atomic mass is 16.5. The summed E-state index contributed by atoms with van der Waals surface area (Å²) < 4.78 is 4.63. The van der Waals surface area contributed by atoms with E-state index in [1.165, 1.54) is 128 Å². The Morgan fingerprint density at radius 1 is 0.559 bits per heavy atom. The van der Waals surface area contributed by atoms with Crippen molar-refractivity contribution in [2.45, 2.75) is 154 Å². The molecule has 0 aromatic carbocycles. The van der Waals surface area contributed by atoms with Crippen molar-refractivity contribution in [3.05, 3.63) is 25.0 Å². The maximum atomic E-state index is 11.1. The maximum Gasteiger partial charge on any atom is 0.335 e. The number of rotatable bonds is 27. The molecule has 0 atom stereocenters. The van der Waals surface area contributed by atoms with Crippen LogP contribution in [0.3, 0.4) is 0 Å². The lowest BCUT2D eigenvalue weighted by Crippen LogP contribution is -1.93. The average molecular weight is 479 g/mol. The number of aliphatic carboxylic acids is 1. The van der Waals surface area contributed by atoms with Gasteiger partial charge in [-0.25, -0.2) is 4.79 Å². The largest absolute Gasteiger partial charge is 0.481 e. The molecule has 0 saturated heterocycles. The number of hydrogen-bond acceptors (Lipinski definition) is 3. The van der Waals surface area contributed by atoms with E-state index in [9.17, 15) is 9.59 Å². The van der Waals surface area contributed by atoms with Gasteiger partial charge in [-0.05, 0) is 19.3 Å².